The van der Waals surface area contributed by atoms with Crippen LogP contribution in [0.5, 0.6) is 0 Å². The molecule has 0 aliphatic carbocycles. The van der Waals surface area contributed by atoms with Crippen LogP contribution in [0.2, 0.25) is 0 Å². The van der Waals surface area contributed by atoms with E-state index in [1.807, 2.05) is 72.8 Å². The van der Waals surface area contributed by atoms with Crippen LogP contribution in [0, 0.1) is 0 Å². The number of fused-ring (bicyclic) bond motifs is 2. The minimum Gasteiger partial charge on any atom is -0.289 e. The van der Waals surface area contributed by atoms with E-state index >= 15 is 0 Å². The van der Waals surface area contributed by atoms with Crippen LogP contribution < -0.4 is 0 Å². The molecular weight excluding hydrogens is 412 g/mol. The van der Waals surface area contributed by atoms with Crippen molar-refractivity contribution in [2.75, 3.05) is 0 Å². The van der Waals surface area contributed by atoms with Gasteiger partial charge in [-0.2, -0.15) is 0 Å². The minimum absolute atomic E-state index is 0.0604. The Morgan fingerprint density at radius 1 is 0.353 bits per heavy atom. The third-order valence-corrected chi connectivity index (χ3v) is 5.90. The second kappa shape index (κ2) is 9.97. The lowest BCUT2D eigenvalue weighted by Crippen LogP contribution is -2.00. The summed E-state index contributed by atoms with van der Waals surface area (Å²) in [5.74, 6) is 0.0604. The Balaban J connectivity index is 0.000000150. The van der Waals surface area contributed by atoms with Gasteiger partial charge in [-0.25, -0.2) is 0 Å². The van der Waals surface area contributed by atoms with E-state index in [0.717, 1.165) is 22.3 Å². The summed E-state index contributed by atoms with van der Waals surface area (Å²) in [5.41, 5.74) is 3.72. The number of rotatable bonds is 3. The van der Waals surface area contributed by atoms with Crippen LogP contribution in [0.25, 0.3) is 32.7 Å². The normalized spacial score (nSPS) is 10.5. The van der Waals surface area contributed by atoms with Crippen molar-refractivity contribution in [3.63, 3.8) is 0 Å². The van der Waals surface area contributed by atoms with Gasteiger partial charge in [-0.3, -0.25) is 4.79 Å². The largest absolute Gasteiger partial charge is 0.289 e. The van der Waals surface area contributed by atoms with Crippen LogP contribution in [0.4, 0.5) is 0 Å². The molecule has 1 nitrogen and oxygen atoms in total. The molecule has 6 rings (SSSR count). The zero-order chi connectivity index (χ0) is 23.2. The molecule has 0 atom stereocenters. The molecule has 0 aromatic heterocycles. The summed E-state index contributed by atoms with van der Waals surface area (Å²) in [7, 11) is 0. The lowest BCUT2D eigenvalue weighted by Gasteiger charge is -2.04. The first-order chi connectivity index (χ1) is 16.8. The number of carbonyl (C=O) groups is 1. The summed E-state index contributed by atoms with van der Waals surface area (Å²) in [6.45, 7) is 0. The summed E-state index contributed by atoms with van der Waals surface area (Å²) < 4.78 is 0. The molecule has 0 bridgehead atoms. The highest BCUT2D eigenvalue weighted by molar-refractivity contribution is 6.09. The third kappa shape index (κ3) is 4.79. The molecule has 1 heteroatoms. The molecule has 0 saturated heterocycles. The van der Waals surface area contributed by atoms with Gasteiger partial charge in [0.05, 0.1) is 0 Å². The first-order valence-corrected chi connectivity index (χ1v) is 11.4. The monoisotopic (exact) mass is 436 g/mol. The first-order valence-electron chi connectivity index (χ1n) is 11.4. The summed E-state index contributed by atoms with van der Waals surface area (Å²) in [6.07, 6.45) is 0. The Labute approximate surface area is 199 Å². The van der Waals surface area contributed by atoms with Crippen LogP contribution in [0.15, 0.2) is 146 Å². The fourth-order valence-corrected chi connectivity index (χ4v) is 4.08. The fourth-order valence-electron chi connectivity index (χ4n) is 4.08. The van der Waals surface area contributed by atoms with Crippen molar-refractivity contribution in [1.29, 1.82) is 0 Å². The highest BCUT2D eigenvalue weighted by Gasteiger charge is 2.08. The summed E-state index contributed by atoms with van der Waals surface area (Å²) in [4.78, 5) is 12.3. The average molecular weight is 437 g/mol. The maximum atomic E-state index is 12.3. The minimum atomic E-state index is 0.0604. The topological polar surface area (TPSA) is 17.1 Å². The van der Waals surface area contributed by atoms with Gasteiger partial charge in [0.2, 0.25) is 0 Å². The van der Waals surface area contributed by atoms with Gasteiger partial charge >= 0.3 is 0 Å². The van der Waals surface area contributed by atoms with E-state index in [1.165, 1.54) is 21.5 Å². The second-order valence-electron chi connectivity index (χ2n) is 8.19. The van der Waals surface area contributed by atoms with Gasteiger partial charge in [0.25, 0.3) is 0 Å². The van der Waals surface area contributed by atoms with E-state index < -0.39 is 0 Å². The van der Waals surface area contributed by atoms with Gasteiger partial charge < -0.3 is 0 Å². The van der Waals surface area contributed by atoms with Crippen molar-refractivity contribution in [2.45, 2.75) is 0 Å². The summed E-state index contributed by atoms with van der Waals surface area (Å²) in [6, 6.07) is 48.7. The average Bonchev–Trinajstić information content (AvgIpc) is 2.93. The highest BCUT2D eigenvalue weighted by atomic mass is 16.1. The number of benzene rings is 6. The molecule has 0 fully saturated rings. The van der Waals surface area contributed by atoms with Crippen LogP contribution in [-0.2, 0) is 0 Å². The second-order valence-corrected chi connectivity index (χ2v) is 8.19. The molecule has 0 radical (unpaired) electrons. The number of ketones is 1. The molecule has 0 aliphatic heterocycles. The molecule has 6 aromatic rings. The Hall–Kier alpha value is -4.49. The summed E-state index contributed by atoms with van der Waals surface area (Å²) >= 11 is 0. The predicted octanol–water partition coefficient (Wildman–Crippen LogP) is 8.58. The van der Waals surface area contributed by atoms with E-state index in [0.29, 0.717) is 0 Å². The van der Waals surface area contributed by atoms with Crippen LogP contribution in [0.3, 0.4) is 0 Å². The third-order valence-electron chi connectivity index (χ3n) is 5.90. The molecule has 0 unspecified atom stereocenters. The van der Waals surface area contributed by atoms with Gasteiger partial charge in [-0.15, -0.1) is 0 Å². The quantitative estimate of drug-likeness (QED) is 0.200. The maximum Gasteiger partial charge on any atom is 0.193 e. The Kier molecular flexibility index (Phi) is 6.27. The molecule has 0 amide bonds. The lowest BCUT2D eigenvalue weighted by molar-refractivity contribution is 0.103. The van der Waals surface area contributed by atoms with Gasteiger partial charge in [0.1, 0.15) is 0 Å². The standard InChI is InChI=1S/C19H14O.C14H10/c20-19(17-9-5-2-6-10-17)18-13-11-16(12-14-18)15-7-3-1-4-8-15;1-2-6-12-10-14-8-4-3-7-13(14)9-11(12)5-1/h1-14H;1-10H. The van der Waals surface area contributed by atoms with Crippen molar-refractivity contribution in [3.05, 3.63) is 157 Å². The molecule has 0 heterocycles. The van der Waals surface area contributed by atoms with Gasteiger partial charge in [0, 0.05) is 11.1 Å². The van der Waals surface area contributed by atoms with E-state index in [-0.39, 0.29) is 5.78 Å². The van der Waals surface area contributed by atoms with E-state index in [1.54, 1.807) is 0 Å². The number of hydrogen-bond acceptors (Lipinski definition) is 1. The van der Waals surface area contributed by atoms with Crippen molar-refractivity contribution >= 4 is 27.3 Å². The Morgan fingerprint density at radius 3 is 1.18 bits per heavy atom. The van der Waals surface area contributed by atoms with Gasteiger partial charge in [-0.1, -0.05) is 133 Å². The van der Waals surface area contributed by atoms with Crippen molar-refractivity contribution < 1.29 is 4.79 Å². The zero-order valence-corrected chi connectivity index (χ0v) is 18.8. The van der Waals surface area contributed by atoms with Crippen LogP contribution in [-0.4, -0.2) is 5.78 Å². The van der Waals surface area contributed by atoms with Crippen LogP contribution in [0.1, 0.15) is 15.9 Å². The van der Waals surface area contributed by atoms with Gasteiger partial charge in [0.15, 0.2) is 5.78 Å². The van der Waals surface area contributed by atoms with Crippen LogP contribution >= 0.6 is 0 Å². The van der Waals surface area contributed by atoms with Crippen molar-refractivity contribution in [3.8, 4) is 11.1 Å². The summed E-state index contributed by atoms with van der Waals surface area (Å²) in [5, 5.41) is 5.25. The fraction of sp³-hybridized carbons (Fsp3) is 0. The molecule has 6 aromatic carbocycles. The molecule has 0 N–H and O–H groups in total. The SMILES string of the molecule is O=C(c1ccccc1)c1ccc(-c2ccccc2)cc1.c1ccc2cc3ccccc3cc2c1. The first kappa shape index (κ1) is 21.4. The highest BCUT2D eigenvalue weighted by Crippen LogP contribution is 2.22. The predicted molar refractivity (Wildman–Crippen MR) is 143 cm³/mol. The maximum absolute atomic E-state index is 12.3. The smallest absolute Gasteiger partial charge is 0.193 e. The van der Waals surface area contributed by atoms with Crippen molar-refractivity contribution in [2.24, 2.45) is 0 Å². The van der Waals surface area contributed by atoms with E-state index in [2.05, 4.69) is 72.8 Å². The molecule has 0 saturated carbocycles. The van der Waals surface area contributed by atoms with Gasteiger partial charge in [-0.05, 0) is 44.8 Å². The van der Waals surface area contributed by atoms with Crippen molar-refractivity contribution in [1.82, 2.24) is 0 Å². The molecule has 0 aliphatic rings. The molecular formula is C33H24O. The number of carbonyl (C=O) groups excluding carboxylic acids is 1. The molecule has 34 heavy (non-hydrogen) atoms. The lowest BCUT2D eigenvalue weighted by atomic mass is 9.99. The number of hydrogen-bond donors (Lipinski definition) is 0. The van der Waals surface area contributed by atoms with E-state index in [4.69, 9.17) is 0 Å². The zero-order valence-electron chi connectivity index (χ0n) is 18.8. The van der Waals surface area contributed by atoms with E-state index in [9.17, 15) is 4.79 Å². The molecule has 0 spiro atoms. The molecule has 162 valence electrons. The Morgan fingerprint density at radius 2 is 0.706 bits per heavy atom. The Bertz CT molecular complexity index is 1430.